The van der Waals surface area contributed by atoms with E-state index in [-0.39, 0.29) is 11.9 Å². The maximum atomic E-state index is 11.3. The minimum absolute atomic E-state index is 0.225. The number of hydrogen-bond acceptors (Lipinski definition) is 4. The normalized spacial score (nSPS) is 10.9. The van der Waals surface area contributed by atoms with Crippen molar-refractivity contribution in [2.75, 3.05) is 13.2 Å². The molecular formula is C11H20O4. The third-order valence-electron chi connectivity index (χ3n) is 1.69. The van der Waals surface area contributed by atoms with Crippen molar-refractivity contribution in [1.29, 1.82) is 0 Å². The van der Waals surface area contributed by atoms with E-state index in [2.05, 4.69) is 0 Å². The molecular weight excluding hydrogens is 196 g/mol. The van der Waals surface area contributed by atoms with Crippen LogP contribution >= 0.6 is 0 Å². The third kappa shape index (κ3) is 6.94. The molecule has 0 amide bonds. The highest BCUT2D eigenvalue weighted by atomic mass is 16.5. The molecule has 0 unspecified atom stereocenters. The summed E-state index contributed by atoms with van der Waals surface area (Å²) < 4.78 is 9.82. The van der Waals surface area contributed by atoms with Crippen LogP contribution in [0.25, 0.3) is 0 Å². The summed E-state index contributed by atoms with van der Waals surface area (Å²) in [6.07, 6.45) is 0.926. The van der Waals surface area contributed by atoms with Crippen molar-refractivity contribution in [2.45, 2.75) is 40.5 Å². The highest BCUT2D eigenvalue weighted by Crippen LogP contribution is 2.14. The second-order valence-electron chi connectivity index (χ2n) is 4.31. The summed E-state index contributed by atoms with van der Waals surface area (Å²) in [5.74, 6) is -0.457. The van der Waals surface area contributed by atoms with Gasteiger partial charge in [-0.15, -0.1) is 0 Å². The molecule has 15 heavy (non-hydrogen) atoms. The number of esters is 2. The SMILES string of the molecule is CCC(=O)OCCCOC(=O)C(C)(C)C. The first-order valence-corrected chi connectivity index (χ1v) is 5.20. The molecule has 0 aliphatic rings. The molecule has 0 aromatic heterocycles. The number of carbonyl (C=O) groups excluding carboxylic acids is 2. The Labute approximate surface area is 90.9 Å². The van der Waals surface area contributed by atoms with Crippen LogP contribution < -0.4 is 0 Å². The van der Waals surface area contributed by atoms with Crippen LogP contribution in [-0.2, 0) is 19.1 Å². The standard InChI is InChI=1S/C11H20O4/c1-5-9(12)14-7-6-8-15-10(13)11(2,3)4/h5-8H2,1-4H3. The van der Waals surface area contributed by atoms with Gasteiger partial charge in [0, 0.05) is 12.8 Å². The molecule has 0 bridgehead atoms. The summed E-state index contributed by atoms with van der Waals surface area (Å²) in [5.41, 5.74) is -0.472. The van der Waals surface area contributed by atoms with Crippen LogP contribution in [0, 0.1) is 5.41 Å². The molecule has 0 fully saturated rings. The molecule has 0 saturated heterocycles. The first-order chi connectivity index (χ1) is 6.88. The molecule has 0 aromatic rings. The van der Waals surface area contributed by atoms with Crippen LogP contribution in [0.5, 0.6) is 0 Å². The maximum Gasteiger partial charge on any atom is 0.311 e. The average molecular weight is 216 g/mol. The van der Waals surface area contributed by atoms with Crippen LogP contribution in [0.4, 0.5) is 0 Å². The zero-order valence-corrected chi connectivity index (χ0v) is 9.96. The molecule has 0 aliphatic carbocycles. The second kappa shape index (κ2) is 6.43. The van der Waals surface area contributed by atoms with Crippen molar-refractivity contribution in [3.63, 3.8) is 0 Å². The molecule has 4 heteroatoms. The van der Waals surface area contributed by atoms with Gasteiger partial charge >= 0.3 is 11.9 Å². The van der Waals surface area contributed by atoms with E-state index in [4.69, 9.17) is 9.47 Å². The Kier molecular flexibility index (Phi) is 5.97. The van der Waals surface area contributed by atoms with Crippen molar-refractivity contribution in [2.24, 2.45) is 5.41 Å². The Hall–Kier alpha value is -1.06. The minimum atomic E-state index is -0.472. The van der Waals surface area contributed by atoms with E-state index >= 15 is 0 Å². The van der Waals surface area contributed by atoms with Gasteiger partial charge in [0.15, 0.2) is 0 Å². The van der Waals surface area contributed by atoms with Crippen LogP contribution in [-0.4, -0.2) is 25.2 Å². The monoisotopic (exact) mass is 216 g/mol. The summed E-state index contributed by atoms with van der Waals surface area (Å²) >= 11 is 0. The van der Waals surface area contributed by atoms with Gasteiger partial charge in [-0.3, -0.25) is 9.59 Å². The maximum absolute atomic E-state index is 11.3. The smallest absolute Gasteiger partial charge is 0.311 e. The van der Waals surface area contributed by atoms with E-state index in [1.54, 1.807) is 27.7 Å². The van der Waals surface area contributed by atoms with E-state index in [1.807, 2.05) is 0 Å². The lowest BCUT2D eigenvalue weighted by Crippen LogP contribution is -2.23. The summed E-state index contributed by atoms with van der Waals surface area (Å²) in [4.78, 5) is 22.0. The average Bonchev–Trinajstić information content (AvgIpc) is 2.15. The lowest BCUT2D eigenvalue weighted by atomic mass is 9.97. The third-order valence-corrected chi connectivity index (χ3v) is 1.69. The van der Waals surface area contributed by atoms with Gasteiger partial charge in [-0.05, 0) is 20.8 Å². The summed E-state index contributed by atoms with van der Waals surface area (Å²) in [7, 11) is 0. The van der Waals surface area contributed by atoms with Gasteiger partial charge in [-0.2, -0.15) is 0 Å². The zero-order valence-electron chi connectivity index (χ0n) is 9.96. The molecule has 0 radical (unpaired) electrons. The Bertz CT molecular complexity index is 215. The van der Waals surface area contributed by atoms with Crippen LogP contribution in [0.15, 0.2) is 0 Å². The minimum Gasteiger partial charge on any atom is -0.466 e. The van der Waals surface area contributed by atoms with E-state index in [1.165, 1.54) is 0 Å². The molecule has 88 valence electrons. The fourth-order valence-corrected chi connectivity index (χ4v) is 0.728. The predicted octanol–water partition coefficient (Wildman–Crippen LogP) is 1.92. The van der Waals surface area contributed by atoms with E-state index < -0.39 is 5.41 Å². The van der Waals surface area contributed by atoms with Crippen LogP contribution in [0.2, 0.25) is 0 Å². The number of carbonyl (C=O) groups is 2. The highest BCUT2D eigenvalue weighted by Gasteiger charge is 2.22. The fraction of sp³-hybridized carbons (Fsp3) is 0.818. The fourth-order valence-electron chi connectivity index (χ4n) is 0.728. The van der Waals surface area contributed by atoms with Crippen LogP contribution in [0.3, 0.4) is 0 Å². The predicted molar refractivity (Wildman–Crippen MR) is 56.3 cm³/mol. The molecule has 0 spiro atoms. The van der Waals surface area contributed by atoms with Gasteiger partial charge < -0.3 is 9.47 Å². The first kappa shape index (κ1) is 13.9. The molecule has 0 atom stereocenters. The van der Waals surface area contributed by atoms with E-state index in [0.29, 0.717) is 26.1 Å². The number of ether oxygens (including phenoxy) is 2. The van der Waals surface area contributed by atoms with Gasteiger partial charge in [0.2, 0.25) is 0 Å². The Balaban J connectivity index is 3.48. The molecule has 0 heterocycles. The van der Waals surface area contributed by atoms with Gasteiger partial charge in [0.25, 0.3) is 0 Å². The highest BCUT2D eigenvalue weighted by molar-refractivity contribution is 5.75. The lowest BCUT2D eigenvalue weighted by Gasteiger charge is -2.16. The van der Waals surface area contributed by atoms with Crippen molar-refractivity contribution in [3.8, 4) is 0 Å². The first-order valence-electron chi connectivity index (χ1n) is 5.20. The molecule has 0 aliphatic heterocycles. The van der Waals surface area contributed by atoms with Gasteiger partial charge in [0.1, 0.15) is 0 Å². The summed E-state index contributed by atoms with van der Waals surface area (Å²) in [6.45, 7) is 7.74. The van der Waals surface area contributed by atoms with Crippen molar-refractivity contribution in [3.05, 3.63) is 0 Å². The molecule has 0 rings (SSSR count). The number of rotatable bonds is 5. The van der Waals surface area contributed by atoms with Gasteiger partial charge in [-0.1, -0.05) is 6.92 Å². The zero-order chi connectivity index (χ0) is 11.9. The molecule has 0 N–H and O–H groups in total. The quantitative estimate of drug-likeness (QED) is 0.520. The van der Waals surface area contributed by atoms with E-state index in [9.17, 15) is 9.59 Å². The Morgan fingerprint density at radius 2 is 1.60 bits per heavy atom. The van der Waals surface area contributed by atoms with Crippen molar-refractivity contribution < 1.29 is 19.1 Å². The van der Waals surface area contributed by atoms with Gasteiger partial charge in [-0.25, -0.2) is 0 Å². The van der Waals surface area contributed by atoms with Crippen molar-refractivity contribution >= 4 is 11.9 Å². The lowest BCUT2D eigenvalue weighted by molar-refractivity contribution is -0.153. The number of hydrogen-bond donors (Lipinski definition) is 0. The molecule has 0 aromatic carbocycles. The van der Waals surface area contributed by atoms with Gasteiger partial charge in [0.05, 0.1) is 18.6 Å². The summed E-state index contributed by atoms with van der Waals surface area (Å²) in [5, 5.41) is 0. The Morgan fingerprint density at radius 3 is 2.07 bits per heavy atom. The van der Waals surface area contributed by atoms with Crippen molar-refractivity contribution in [1.82, 2.24) is 0 Å². The topological polar surface area (TPSA) is 52.6 Å². The summed E-state index contributed by atoms with van der Waals surface area (Å²) in [6, 6.07) is 0. The van der Waals surface area contributed by atoms with E-state index in [0.717, 1.165) is 0 Å². The Morgan fingerprint density at radius 1 is 1.07 bits per heavy atom. The van der Waals surface area contributed by atoms with Crippen LogP contribution in [0.1, 0.15) is 40.5 Å². The second-order valence-corrected chi connectivity index (χ2v) is 4.31. The largest absolute Gasteiger partial charge is 0.466 e. The molecule has 4 nitrogen and oxygen atoms in total. The molecule has 0 saturated carbocycles.